The van der Waals surface area contributed by atoms with E-state index >= 15 is 0 Å². The smallest absolute Gasteiger partial charge is 0.197 e. The molecule has 0 atom stereocenters. The van der Waals surface area contributed by atoms with Crippen molar-refractivity contribution >= 4 is 22.5 Å². The van der Waals surface area contributed by atoms with Crippen molar-refractivity contribution in [1.29, 1.82) is 0 Å². The van der Waals surface area contributed by atoms with Crippen molar-refractivity contribution in [3.05, 3.63) is 69.5 Å². The fourth-order valence-corrected chi connectivity index (χ4v) is 2.57. The first kappa shape index (κ1) is 12.0. The number of aromatic nitrogens is 1. The largest absolute Gasteiger partial charge is 0.357 e. The molecule has 0 aliphatic heterocycles. The number of rotatable bonds is 1. The molecule has 0 saturated heterocycles. The molecule has 3 heteroatoms. The van der Waals surface area contributed by atoms with Gasteiger partial charge >= 0.3 is 0 Å². The SMILES string of the molecule is Cc1[nH]c2c(Cl)cccc2c(=O)c1-c1ccccc1. The van der Waals surface area contributed by atoms with Crippen LogP contribution in [0.25, 0.3) is 22.0 Å². The van der Waals surface area contributed by atoms with Crippen LogP contribution in [0.15, 0.2) is 53.3 Å². The van der Waals surface area contributed by atoms with Gasteiger partial charge < -0.3 is 4.98 Å². The van der Waals surface area contributed by atoms with E-state index in [1.807, 2.05) is 37.3 Å². The molecule has 19 heavy (non-hydrogen) atoms. The van der Waals surface area contributed by atoms with Gasteiger partial charge in [-0.2, -0.15) is 0 Å². The van der Waals surface area contributed by atoms with E-state index in [9.17, 15) is 4.79 Å². The third kappa shape index (κ3) is 1.94. The molecule has 0 fully saturated rings. The lowest BCUT2D eigenvalue weighted by Gasteiger charge is -2.09. The van der Waals surface area contributed by atoms with Gasteiger partial charge in [0.15, 0.2) is 5.43 Å². The Labute approximate surface area is 115 Å². The number of benzene rings is 2. The van der Waals surface area contributed by atoms with E-state index < -0.39 is 0 Å². The van der Waals surface area contributed by atoms with E-state index in [4.69, 9.17) is 11.6 Å². The molecule has 1 heterocycles. The third-order valence-electron chi connectivity index (χ3n) is 3.24. The van der Waals surface area contributed by atoms with Gasteiger partial charge in [0.05, 0.1) is 10.5 Å². The Bertz CT molecular complexity index is 806. The number of pyridine rings is 1. The van der Waals surface area contributed by atoms with Gasteiger partial charge in [0.2, 0.25) is 0 Å². The van der Waals surface area contributed by atoms with E-state index in [-0.39, 0.29) is 5.43 Å². The molecule has 94 valence electrons. The second-order valence-corrected chi connectivity index (χ2v) is 4.89. The molecule has 1 aromatic heterocycles. The molecular formula is C16H12ClNO. The van der Waals surface area contributed by atoms with E-state index in [2.05, 4.69) is 4.98 Å². The lowest BCUT2D eigenvalue weighted by atomic mass is 10.0. The van der Waals surface area contributed by atoms with Crippen LogP contribution in [-0.2, 0) is 0 Å². The Kier molecular flexibility index (Phi) is 2.88. The zero-order chi connectivity index (χ0) is 13.4. The predicted octanol–water partition coefficient (Wildman–Crippen LogP) is 4.16. The average molecular weight is 270 g/mol. The number of aryl methyl sites for hydroxylation is 1. The second-order valence-electron chi connectivity index (χ2n) is 4.48. The highest BCUT2D eigenvalue weighted by Gasteiger charge is 2.12. The van der Waals surface area contributed by atoms with E-state index in [1.165, 1.54) is 0 Å². The van der Waals surface area contributed by atoms with Crippen LogP contribution in [0.5, 0.6) is 0 Å². The average Bonchev–Trinajstić information content (AvgIpc) is 2.41. The number of fused-ring (bicyclic) bond motifs is 1. The van der Waals surface area contributed by atoms with Gasteiger partial charge in [0.1, 0.15) is 0 Å². The summed E-state index contributed by atoms with van der Waals surface area (Å²) in [6.07, 6.45) is 0. The minimum Gasteiger partial charge on any atom is -0.357 e. The van der Waals surface area contributed by atoms with Crippen molar-refractivity contribution in [2.45, 2.75) is 6.92 Å². The Morgan fingerprint density at radius 1 is 1.00 bits per heavy atom. The molecule has 0 radical (unpaired) electrons. The van der Waals surface area contributed by atoms with Gasteiger partial charge in [0, 0.05) is 16.6 Å². The molecule has 0 bridgehead atoms. The number of halogens is 1. The first-order chi connectivity index (χ1) is 9.18. The van der Waals surface area contributed by atoms with Gasteiger partial charge in [-0.3, -0.25) is 4.79 Å². The first-order valence-corrected chi connectivity index (χ1v) is 6.43. The number of para-hydroxylation sites is 1. The van der Waals surface area contributed by atoms with Crippen LogP contribution >= 0.6 is 11.6 Å². The number of nitrogens with one attached hydrogen (secondary N) is 1. The molecule has 3 rings (SSSR count). The molecule has 0 unspecified atom stereocenters. The highest BCUT2D eigenvalue weighted by atomic mass is 35.5. The van der Waals surface area contributed by atoms with Crippen LogP contribution in [0, 0.1) is 6.92 Å². The molecule has 3 aromatic rings. The van der Waals surface area contributed by atoms with Gasteiger partial charge in [-0.15, -0.1) is 0 Å². The van der Waals surface area contributed by atoms with Crippen LogP contribution in [0.2, 0.25) is 5.02 Å². The van der Waals surface area contributed by atoms with Crippen molar-refractivity contribution < 1.29 is 0 Å². The van der Waals surface area contributed by atoms with Crippen LogP contribution in [0.3, 0.4) is 0 Å². The molecule has 2 nitrogen and oxygen atoms in total. The van der Waals surface area contributed by atoms with Crippen molar-refractivity contribution in [2.24, 2.45) is 0 Å². The molecule has 0 aliphatic rings. The van der Waals surface area contributed by atoms with Gasteiger partial charge in [-0.25, -0.2) is 0 Å². The summed E-state index contributed by atoms with van der Waals surface area (Å²) in [4.78, 5) is 15.9. The van der Waals surface area contributed by atoms with Gasteiger partial charge in [-0.05, 0) is 24.6 Å². The molecule has 0 aliphatic carbocycles. The quantitative estimate of drug-likeness (QED) is 0.707. The minimum atomic E-state index is 0.0138. The van der Waals surface area contributed by atoms with Crippen LogP contribution < -0.4 is 5.43 Å². The molecule has 0 spiro atoms. The zero-order valence-corrected chi connectivity index (χ0v) is 11.2. The first-order valence-electron chi connectivity index (χ1n) is 6.05. The van der Waals surface area contributed by atoms with Gasteiger partial charge in [0.25, 0.3) is 0 Å². The van der Waals surface area contributed by atoms with Crippen molar-refractivity contribution in [3.63, 3.8) is 0 Å². The maximum absolute atomic E-state index is 12.6. The second kappa shape index (κ2) is 4.56. The van der Waals surface area contributed by atoms with Crippen LogP contribution in [0.1, 0.15) is 5.69 Å². The monoisotopic (exact) mass is 269 g/mol. The Balaban J connectivity index is 2.43. The Morgan fingerprint density at radius 2 is 1.74 bits per heavy atom. The van der Waals surface area contributed by atoms with Gasteiger partial charge in [-0.1, -0.05) is 48.0 Å². The zero-order valence-electron chi connectivity index (χ0n) is 10.4. The van der Waals surface area contributed by atoms with E-state index in [0.29, 0.717) is 21.5 Å². The number of aromatic amines is 1. The summed E-state index contributed by atoms with van der Waals surface area (Å²) in [5.74, 6) is 0. The third-order valence-corrected chi connectivity index (χ3v) is 3.55. The fourth-order valence-electron chi connectivity index (χ4n) is 2.35. The topological polar surface area (TPSA) is 32.9 Å². The maximum Gasteiger partial charge on any atom is 0.197 e. The molecule has 2 aromatic carbocycles. The Hall–Kier alpha value is -2.06. The highest BCUT2D eigenvalue weighted by Crippen LogP contribution is 2.24. The predicted molar refractivity (Wildman–Crippen MR) is 79.8 cm³/mol. The Morgan fingerprint density at radius 3 is 2.47 bits per heavy atom. The highest BCUT2D eigenvalue weighted by molar-refractivity contribution is 6.35. The lowest BCUT2D eigenvalue weighted by Crippen LogP contribution is -2.09. The van der Waals surface area contributed by atoms with Crippen molar-refractivity contribution in [1.82, 2.24) is 4.98 Å². The number of hydrogen-bond donors (Lipinski definition) is 1. The molecule has 0 amide bonds. The normalized spacial score (nSPS) is 10.8. The van der Waals surface area contributed by atoms with Crippen molar-refractivity contribution in [2.75, 3.05) is 0 Å². The summed E-state index contributed by atoms with van der Waals surface area (Å²) >= 11 is 6.13. The summed E-state index contributed by atoms with van der Waals surface area (Å²) in [6.45, 7) is 1.90. The lowest BCUT2D eigenvalue weighted by molar-refractivity contribution is 1.24. The van der Waals surface area contributed by atoms with Crippen molar-refractivity contribution in [3.8, 4) is 11.1 Å². The molecular weight excluding hydrogens is 258 g/mol. The number of H-pyrrole nitrogens is 1. The summed E-state index contributed by atoms with van der Waals surface area (Å²) in [5, 5.41) is 1.19. The summed E-state index contributed by atoms with van der Waals surface area (Å²) in [5.41, 5.74) is 3.17. The maximum atomic E-state index is 12.6. The summed E-state index contributed by atoms with van der Waals surface area (Å²) < 4.78 is 0. The summed E-state index contributed by atoms with van der Waals surface area (Å²) in [7, 11) is 0. The van der Waals surface area contributed by atoms with Crippen LogP contribution in [0.4, 0.5) is 0 Å². The van der Waals surface area contributed by atoms with E-state index in [0.717, 1.165) is 11.3 Å². The number of hydrogen-bond acceptors (Lipinski definition) is 1. The molecule has 1 N–H and O–H groups in total. The molecule has 0 saturated carbocycles. The van der Waals surface area contributed by atoms with E-state index in [1.54, 1.807) is 18.2 Å². The summed E-state index contributed by atoms with van der Waals surface area (Å²) in [6, 6.07) is 15.0. The fraction of sp³-hybridized carbons (Fsp3) is 0.0625. The standard InChI is InChI=1S/C16H12ClNO/c1-10-14(11-6-3-2-4-7-11)16(19)12-8-5-9-13(17)15(12)18-10/h2-9H,1H3,(H,18,19). The van der Waals surface area contributed by atoms with Crippen LogP contribution in [-0.4, -0.2) is 4.98 Å². The minimum absolute atomic E-state index is 0.0138.